The number of nitrogens with zero attached hydrogens (tertiary/aromatic N) is 3. The van der Waals surface area contributed by atoms with Crippen molar-refractivity contribution in [3.8, 4) is 0 Å². The first-order chi connectivity index (χ1) is 11.9. The van der Waals surface area contributed by atoms with E-state index in [4.69, 9.17) is 0 Å². The van der Waals surface area contributed by atoms with Crippen molar-refractivity contribution in [3.05, 3.63) is 65.5 Å². The van der Waals surface area contributed by atoms with Crippen LogP contribution in [0.2, 0.25) is 0 Å². The smallest absolute Gasteiger partial charge is 0.336 e. The number of hydrogen-bond donors (Lipinski definition) is 0. The maximum Gasteiger partial charge on any atom is 0.417 e. The van der Waals surface area contributed by atoms with Crippen LogP contribution in [0.1, 0.15) is 21.6 Å². The van der Waals surface area contributed by atoms with Crippen molar-refractivity contribution in [3.63, 3.8) is 0 Å². The van der Waals surface area contributed by atoms with Crippen LogP contribution in [-0.2, 0) is 12.7 Å². The van der Waals surface area contributed by atoms with Crippen LogP contribution in [0.5, 0.6) is 0 Å². The molecule has 4 nitrogen and oxygen atoms in total. The number of halogens is 3. The van der Waals surface area contributed by atoms with Crippen molar-refractivity contribution in [1.29, 1.82) is 0 Å². The van der Waals surface area contributed by atoms with E-state index in [0.717, 1.165) is 11.8 Å². The molecule has 0 radical (unpaired) electrons. The Hall–Kier alpha value is -2.41. The number of benzene rings is 1. The Bertz CT molecular complexity index is 726. The molecule has 0 saturated carbocycles. The molecule has 0 atom stereocenters. The molecule has 1 aromatic carbocycles. The van der Waals surface area contributed by atoms with E-state index in [9.17, 15) is 18.0 Å². The lowest BCUT2D eigenvalue weighted by Gasteiger charge is -2.35. The molecule has 25 heavy (non-hydrogen) atoms. The molecule has 1 amide bonds. The van der Waals surface area contributed by atoms with Gasteiger partial charge in [-0.2, -0.15) is 13.2 Å². The summed E-state index contributed by atoms with van der Waals surface area (Å²) in [5.74, 6) is -0.564. The number of hydrogen-bond acceptors (Lipinski definition) is 3. The van der Waals surface area contributed by atoms with Crippen molar-refractivity contribution < 1.29 is 18.0 Å². The minimum Gasteiger partial charge on any atom is -0.336 e. The minimum atomic E-state index is -4.53. The Kier molecular flexibility index (Phi) is 5.03. The summed E-state index contributed by atoms with van der Waals surface area (Å²) in [4.78, 5) is 20.4. The third kappa shape index (κ3) is 4.17. The van der Waals surface area contributed by atoms with Crippen molar-refractivity contribution in [2.45, 2.75) is 12.7 Å². The molecule has 0 aliphatic carbocycles. The standard InChI is InChI=1S/C18H18F3N3O/c19-18(20,21)16-7-2-1-6-15(16)17(25)24-11-9-23(10-12-24)13-14-5-3-4-8-22-14/h1-8H,9-13H2. The van der Waals surface area contributed by atoms with Gasteiger partial charge in [0.15, 0.2) is 0 Å². The fourth-order valence-electron chi connectivity index (χ4n) is 2.92. The van der Waals surface area contributed by atoms with Crippen LogP contribution >= 0.6 is 0 Å². The van der Waals surface area contributed by atoms with E-state index in [0.29, 0.717) is 32.7 Å². The average molecular weight is 349 g/mol. The van der Waals surface area contributed by atoms with Crippen molar-refractivity contribution in [1.82, 2.24) is 14.8 Å². The van der Waals surface area contributed by atoms with Crippen molar-refractivity contribution in [2.75, 3.05) is 26.2 Å². The number of amides is 1. The third-order valence-electron chi connectivity index (χ3n) is 4.23. The Labute approximate surface area is 143 Å². The van der Waals surface area contributed by atoms with Crippen LogP contribution in [-0.4, -0.2) is 46.9 Å². The summed E-state index contributed by atoms with van der Waals surface area (Å²) in [7, 11) is 0. The van der Waals surface area contributed by atoms with Gasteiger partial charge in [0.05, 0.1) is 16.8 Å². The molecule has 132 valence electrons. The molecule has 2 aromatic rings. The number of pyridine rings is 1. The first-order valence-electron chi connectivity index (χ1n) is 8.03. The van der Waals surface area contributed by atoms with Gasteiger partial charge in [-0.1, -0.05) is 18.2 Å². The molecule has 7 heteroatoms. The fourth-order valence-corrected chi connectivity index (χ4v) is 2.92. The molecule has 1 saturated heterocycles. The zero-order valence-corrected chi connectivity index (χ0v) is 13.5. The first kappa shape index (κ1) is 17.4. The normalized spacial score (nSPS) is 16.0. The summed E-state index contributed by atoms with van der Waals surface area (Å²) in [5, 5.41) is 0. The zero-order valence-electron chi connectivity index (χ0n) is 13.5. The highest BCUT2D eigenvalue weighted by molar-refractivity contribution is 5.96. The highest BCUT2D eigenvalue weighted by Gasteiger charge is 2.36. The van der Waals surface area contributed by atoms with Crippen molar-refractivity contribution >= 4 is 5.91 Å². The number of alkyl halides is 3. The number of carbonyl (C=O) groups is 1. The van der Waals surface area contributed by atoms with Gasteiger partial charge in [-0.05, 0) is 24.3 Å². The van der Waals surface area contributed by atoms with Gasteiger partial charge in [-0.25, -0.2) is 0 Å². The van der Waals surface area contributed by atoms with Gasteiger partial charge in [-0.3, -0.25) is 14.7 Å². The van der Waals surface area contributed by atoms with Gasteiger partial charge in [0.1, 0.15) is 0 Å². The lowest BCUT2D eigenvalue weighted by Crippen LogP contribution is -2.48. The predicted molar refractivity (Wildman–Crippen MR) is 86.9 cm³/mol. The van der Waals surface area contributed by atoms with Gasteiger partial charge >= 0.3 is 6.18 Å². The summed E-state index contributed by atoms with van der Waals surface area (Å²) in [6, 6.07) is 10.6. The molecule has 0 N–H and O–H groups in total. The Balaban J connectivity index is 1.65. The first-order valence-corrected chi connectivity index (χ1v) is 8.03. The summed E-state index contributed by atoms with van der Waals surface area (Å²) >= 11 is 0. The van der Waals surface area contributed by atoms with Gasteiger partial charge in [0, 0.05) is 38.9 Å². The molecule has 1 aliphatic heterocycles. The van der Waals surface area contributed by atoms with E-state index in [1.807, 2.05) is 18.2 Å². The van der Waals surface area contributed by atoms with E-state index in [2.05, 4.69) is 9.88 Å². The van der Waals surface area contributed by atoms with E-state index in [1.54, 1.807) is 6.20 Å². The molecule has 2 heterocycles. The van der Waals surface area contributed by atoms with E-state index < -0.39 is 17.6 Å². The molecule has 0 spiro atoms. The molecule has 3 rings (SSSR count). The number of aromatic nitrogens is 1. The second-order valence-corrected chi connectivity index (χ2v) is 5.93. The second-order valence-electron chi connectivity index (χ2n) is 5.93. The highest BCUT2D eigenvalue weighted by atomic mass is 19.4. The van der Waals surface area contributed by atoms with Gasteiger partial charge < -0.3 is 4.90 Å². The van der Waals surface area contributed by atoms with Crippen LogP contribution in [0.15, 0.2) is 48.7 Å². The van der Waals surface area contributed by atoms with Gasteiger partial charge in [0.2, 0.25) is 0 Å². The Morgan fingerprint density at radius 1 is 1.00 bits per heavy atom. The van der Waals surface area contributed by atoms with E-state index in [1.165, 1.54) is 23.1 Å². The van der Waals surface area contributed by atoms with Crippen LogP contribution in [0.4, 0.5) is 13.2 Å². The van der Waals surface area contributed by atoms with E-state index >= 15 is 0 Å². The number of rotatable bonds is 3. The molecular weight excluding hydrogens is 331 g/mol. The molecular formula is C18H18F3N3O. The van der Waals surface area contributed by atoms with Crippen LogP contribution < -0.4 is 0 Å². The zero-order chi connectivity index (χ0) is 17.9. The SMILES string of the molecule is O=C(c1ccccc1C(F)(F)F)N1CCN(Cc2ccccn2)CC1. The molecule has 1 fully saturated rings. The van der Waals surface area contributed by atoms with Crippen LogP contribution in [0.3, 0.4) is 0 Å². The van der Waals surface area contributed by atoms with Crippen molar-refractivity contribution in [2.24, 2.45) is 0 Å². The summed E-state index contributed by atoms with van der Waals surface area (Å²) in [6.45, 7) is 2.69. The largest absolute Gasteiger partial charge is 0.417 e. The lowest BCUT2D eigenvalue weighted by atomic mass is 10.1. The molecule has 0 unspecified atom stereocenters. The third-order valence-corrected chi connectivity index (χ3v) is 4.23. The predicted octanol–water partition coefficient (Wildman–Crippen LogP) is 3.06. The summed E-state index contributed by atoms with van der Waals surface area (Å²) in [6.07, 6.45) is -2.81. The topological polar surface area (TPSA) is 36.4 Å². The van der Waals surface area contributed by atoms with Crippen LogP contribution in [0, 0.1) is 0 Å². The molecule has 1 aromatic heterocycles. The number of piperazine rings is 1. The fraction of sp³-hybridized carbons (Fsp3) is 0.333. The molecule has 1 aliphatic rings. The monoisotopic (exact) mass is 349 g/mol. The Morgan fingerprint density at radius 3 is 2.32 bits per heavy atom. The Morgan fingerprint density at radius 2 is 1.68 bits per heavy atom. The maximum absolute atomic E-state index is 13.1. The quantitative estimate of drug-likeness (QED) is 0.855. The summed E-state index contributed by atoms with van der Waals surface area (Å²) < 4.78 is 39.3. The van der Waals surface area contributed by atoms with Gasteiger partial charge in [-0.15, -0.1) is 0 Å². The average Bonchev–Trinajstić information content (AvgIpc) is 2.62. The van der Waals surface area contributed by atoms with E-state index in [-0.39, 0.29) is 5.56 Å². The maximum atomic E-state index is 13.1. The lowest BCUT2D eigenvalue weighted by molar-refractivity contribution is -0.138. The second kappa shape index (κ2) is 7.23. The summed E-state index contributed by atoms with van der Waals surface area (Å²) in [5.41, 5.74) is -0.228. The van der Waals surface area contributed by atoms with Crippen LogP contribution in [0.25, 0.3) is 0 Å². The number of carbonyl (C=O) groups excluding carboxylic acids is 1. The minimum absolute atomic E-state index is 0.284. The highest BCUT2D eigenvalue weighted by Crippen LogP contribution is 2.32. The van der Waals surface area contributed by atoms with Gasteiger partial charge in [0.25, 0.3) is 5.91 Å². The molecule has 0 bridgehead atoms.